The van der Waals surface area contributed by atoms with Crippen molar-refractivity contribution in [3.63, 3.8) is 0 Å². The zero-order valence-electron chi connectivity index (χ0n) is 14.7. The number of anilines is 1. The van der Waals surface area contributed by atoms with E-state index in [9.17, 15) is 9.59 Å². The van der Waals surface area contributed by atoms with Crippen LogP contribution >= 0.6 is 0 Å². The molecule has 1 amide bonds. The molecule has 5 heteroatoms. The van der Waals surface area contributed by atoms with Gasteiger partial charge in [-0.1, -0.05) is 24.3 Å². The smallest absolute Gasteiger partial charge is 0.275 e. The first-order valence-corrected chi connectivity index (χ1v) is 8.50. The molecule has 5 nitrogen and oxygen atoms in total. The Kier molecular flexibility index (Phi) is 3.84. The summed E-state index contributed by atoms with van der Waals surface area (Å²) in [7, 11) is 0. The Morgan fingerprint density at radius 2 is 1.69 bits per heavy atom. The van der Waals surface area contributed by atoms with Gasteiger partial charge in [0.1, 0.15) is 12.1 Å². The summed E-state index contributed by atoms with van der Waals surface area (Å²) in [6.07, 6.45) is 1.86. The van der Waals surface area contributed by atoms with Crippen molar-refractivity contribution < 1.29 is 4.79 Å². The predicted octanol–water partition coefficient (Wildman–Crippen LogP) is 3.51. The van der Waals surface area contributed by atoms with E-state index in [1.165, 1.54) is 4.57 Å². The van der Waals surface area contributed by atoms with Crippen LogP contribution < -0.4 is 10.9 Å². The molecule has 0 spiro atoms. The number of carbonyl (C=O) groups excluding carboxylic acids is 1. The molecule has 4 rings (SSSR count). The van der Waals surface area contributed by atoms with Crippen molar-refractivity contribution >= 4 is 28.1 Å². The first-order chi connectivity index (χ1) is 12.5. The third-order valence-electron chi connectivity index (χ3n) is 4.61. The van der Waals surface area contributed by atoms with E-state index in [-0.39, 0.29) is 18.0 Å². The topological polar surface area (TPSA) is 55.5 Å². The molecule has 2 heterocycles. The Labute approximate surface area is 150 Å². The molecule has 0 aliphatic rings. The molecule has 0 saturated carbocycles. The van der Waals surface area contributed by atoms with Gasteiger partial charge < -0.3 is 9.72 Å². The molecule has 0 fully saturated rings. The second kappa shape index (κ2) is 6.19. The van der Waals surface area contributed by atoms with Gasteiger partial charge in [0, 0.05) is 11.9 Å². The molecule has 2 aromatic carbocycles. The first kappa shape index (κ1) is 16.1. The molecule has 0 radical (unpaired) electrons. The maximum Gasteiger partial charge on any atom is 0.275 e. The average molecular weight is 345 g/mol. The molecule has 4 aromatic rings. The molecule has 0 aliphatic carbocycles. The molecule has 26 heavy (non-hydrogen) atoms. The molecule has 0 saturated heterocycles. The fraction of sp³-hybridized carbons (Fsp3) is 0.143. The largest absolute Gasteiger partial charge is 0.324 e. The maximum atomic E-state index is 12.9. The highest BCUT2D eigenvalue weighted by molar-refractivity contribution is 5.92. The van der Waals surface area contributed by atoms with Crippen molar-refractivity contribution in [1.82, 2.24) is 8.97 Å². The predicted molar refractivity (Wildman–Crippen MR) is 104 cm³/mol. The van der Waals surface area contributed by atoms with Gasteiger partial charge in [-0.2, -0.15) is 0 Å². The molecule has 0 bridgehead atoms. The Balaban J connectivity index is 1.76. The zero-order valence-corrected chi connectivity index (χ0v) is 14.7. The first-order valence-electron chi connectivity index (χ1n) is 8.50. The number of rotatable bonds is 3. The van der Waals surface area contributed by atoms with Gasteiger partial charge in [0.15, 0.2) is 0 Å². The normalized spacial score (nSPS) is 11.2. The average Bonchev–Trinajstić information content (AvgIpc) is 3.12. The van der Waals surface area contributed by atoms with Gasteiger partial charge in [0.05, 0.1) is 11.0 Å². The molecule has 0 atom stereocenters. The van der Waals surface area contributed by atoms with Crippen molar-refractivity contribution in [1.29, 1.82) is 0 Å². The molecular weight excluding hydrogens is 326 g/mol. The van der Waals surface area contributed by atoms with Gasteiger partial charge in [-0.25, -0.2) is 0 Å². The minimum atomic E-state index is -0.221. The van der Waals surface area contributed by atoms with Gasteiger partial charge in [-0.15, -0.1) is 0 Å². The van der Waals surface area contributed by atoms with Crippen LogP contribution in [-0.4, -0.2) is 14.9 Å². The van der Waals surface area contributed by atoms with E-state index in [0.717, 1.165) is 27.8 Å². The van der Waals surface area contributed by atoms with Gasteiger partial charge in [-0.05, 0) is 55.3 Å². The number of hydrogen-bond acceptors (Lipinski definition) is 2. The third kappa shape index (κ3) is 2.67. The van der Waals surface area contributed by atoms with Crippen molar-refractivity contribution in [2.75, 3.05) is 5.32 Å². The standard InChI is InChI=1S/C21H19N3O2/c1-14-9-10-15(2)16(12-14)22-20(25)13-24-18-7-4-3-6-17(18)23-11-5-8-19(23)21(24)26/h3-12H,13H2,1-2H3,(H,22,25). The summed E-state index contributed by atoms with van der Waals surface area (Å²) in [5.41, 5.74) is 4.85. The van der Waals surface area contributed by atoms with Gasteiger partial charge in [0.25, 0.3) is 5.56 Å². The fourth-order valence-corrected chi connectivity index (χ4v) is 3.27. The Morgan fingerprint density at radius 3 is 2.50 bits per heavy atom. The van der Waals surface area contributed by atoms with Crippen LogP contribution in [0.4, 0.5) is 5.69 Å². The van der Waals surface area contributed by atoms with Gasteiger partial charge in [0.2, 0.25) is 5.91 Å². The number of fused-ring (bicyclic) bond motifs is 3. The van der Waals surface area contributed by atoms with Gasteiger partial charge in [-0.3, -0.25) is 14.2 Å². The van der Waals surface area contributed by atoms with Crippen LogP contribution in [-0.2, 0) is 11.3 Å². The lowest BCUT2D eigenvalue weighted by Gasteiger charge is -2.14. The van der Waals surface area contributed by atoms with E-state index in [2.05, 4.69) is 5.32 Å². The van der Waals surface area contributed by atoms with Crippen LogP contribution in [0.25, 0.3) is 16.6 Å². The highest BCUT2D eigenvalue weighted by Crippen LogP contribution is 2.18. The quantitative estimate of drug-likeness (QED) is 0.618. The third-order valence-corrected chi connectivity index (χ3v) is 4.61. The van der Waals surface area contributed by atoms with E-state index < -0.39 is 0 Å². The van der Waals surface area contributed by atoms with Gasteiger partial charge >= 0.3 is 0 Å². The summed E-state index contributed by atoms with van der Waals surface area (Å²) in [5, 5.41) is 2.93. The number of aryl methyl sites for hydroxylation is 2. The minimum Gasteiger partial charge on any atom is -0.324 e. The van der Waals surface area contributed by atoms with Crippen LogP contribution in [0.3, 0.4) is 0 Å². The second-order valence-corrected chi connectivity index (χ2v) is 6.51. The van der Waals surface area contributed by atoms with E-state index >= 15 is 0 Å². The number of benzene rings is 2. The second-order valence-electron chi connectivity index (χ2n) is 6.51. The molecular formula is C21H19N3O2. The van der Waals surface area contributed by atoms with Crippen molar-refractivity contribution in [3.8, 4) is 0 Å². The maximum absolute atomic E-state index is 12.9. The number of para-hydroxylation sites is 2. The van der Waals surface area contributed by atoms with Crippen LogP contribution in [0.1, 0.15) is 11.1 Å². The number of nitrogens with zero attached hydrogens (tertiary/aromatic N) is 2. The highest BCUT2D eigenvalue weighted by atomic mass is 16.2. The van der Waals surface area contributed by atoms with Crippen LogP contribution in [0.2, 0.25) is 0 Å². The fourth-order valence-electron chi connectivity index (χ4n) is 3.27. The Hall–Kier alpha value is -3.34. The Bertz CT molecular complexity index is 1200. The number of amides is 1. The lowest BCUT2D eigenvalue weighted by Crippen LogP contribution is -2.29. The SMILES string of the molecule is Cc1ccc(C)c(NC(=O)Cn2c(=O)c3cccn3c3ccccc32)c1. The van der Waals surface area contributed by atoms with Crippen LogP contribution in [0.15, 0.2) is 65.6 Å². The molecule has 0 aliphatic heterocycles. The summed E-state index contributed by atoms with van der Waals surface area (Å²) in [4.78, 5) is 25.5. The van der Waals surface area contributed by atoms with Crippen molar-refractivity contribution in [3.05, 3.63) is 82.3 Å². The van der Waals surface area contributed by atoms with Crippen LogP contribution in [0.5, 0.6) is 0 Å². The van der Waals surface area contributed by atoms with E-state index in [0.29, 0.717) is 5.52 Å². The highest BCUT2D eigenvalue weighted by Gasteiger charge is 2.13. The number of nitrogens with one attached hydrogen (secondary N) is 1. The number of aromatic nitrogens is 2. The summed E-state index contributed by atoms with van der Waals surface area (Å²) in [5.74, 6) is -0.221. The number of carbonyl (C=O) groups is 1. The number of hydrogen-bond donors (Lipinski definition) is 1. The minimum absolute atomic E-state index is 0.0333. The summed E-state index contributed by atoms with van der Waals surface area (Å²) in [6, 6.07) is 17.1. The van der Waals surface area contributed by atoms with E-state index in [1.807, 2.05) is 73.0 Å². The Morgan fingerprint density at radius 1 is 0.962 bits per heavy atom. The monoisotopic (exact) mass is 345 g/mol. The summed E-state index contributed by atoms with van der Waals surface area (Å²) in [6.45, 7) is 3.89. The summed E-state index contributed by atoms with van der Waals surface area (Å²) < 4.78 is 3.39. The zero-order chi connectivity index (χ0) is 18.3. The molecule has 2 aromatic heterocycles. The van der Waals surface area contributed by atoms with E-state index in [4.69, 9.17) is 0 Å². The van der Waals surface area contributed by atoms with Crippen molar-refractivity contribution in [2.24, 2.45) is 0 Å². The van der Waals surface area contributed by atoms with Crippen molar-refractivity contribution in [2.45, 2.75) is 20.4 Å². The summed E-state index contributed by atoms with van der Waals surface area (Å²) >= 11 is 0. The lowest BCUT2D eigenvalue weighted by atomic mass is 10.1. The molecule has 130 valence electrons. The van der Waals surface area contributed by atoms with E-state index in [1.54, 1.807) is 6.07 Å². The lowest BCUT2D eigenvalue weighted by molar-refractivity contribution is -0.116. The van der Waals surface area contributed by atoms with Crippen LogP contribution in [0, 0.1) is 13.8 Å². The molecule has 0 unspecified atom stereocenters. The molecule has 1 N–H and O–H groups in total.